The molecule has 0 saturated heterocycles. The molecule has 1 heterocycles. The predicted octanol–water partition coefficient (Wildman–Crippen LogP) is 2.43. The van der Waals surface area contributed by atoms with Crippen LogP contribution < -0.4 is 5.73 Å². The Hall–Kier alpha value is -1.29. The minimum Gasteiger partial charge on any atom is -0.384 e. The summed E-state index contributed by atoms with van der Waals surface area (Å²) in [6.45, 7) is 6.13. The van der Waals surface area contributed by atoms with E-state index in [1.54, 1.807) is 11.9 Å². The summed E-state index contributed by atoms with van der Waals surface area (Å²) >= 11 is 5.95. The monoisotopic (exact) mass is 255 g/mol. The van der Waals surface area contributed by atoms with Crippen LogP contribution in [0.1, 0.15) is 31.1 Å². The molecule has 1 unspecified atom stereocenters. The van der Waals surface area contributed by atoms with E-state index >= 15 is 0 Å². The molecule has 1 aromatic heterocycles. The third-order valence-electron chi connectivity index (χ3n) is 3.00. The highest BCUT2D eigenvalue weighted by atomic mass is 35.5. The maximum atomic E-state index is 12.2. The fourth-order valence-corrected chi connectivity index (χ4v) is 1.63. The number of hydrogen-bond acceptors (Lipinski definition) is 3. The van der Waals surface area contributed by atoms with E-state index < -0.39 is 0 Å². The lowest BCUT2D eigenvalue weighted by Crippen LogP contribution is -2.38. The number of anilines is 1. The van der Waals surface area contributed by atoms with Gasteiger partial charge >= 0.3 is 0 Å². The quantitative estimate of drug-likeness (QED) is 0.903. The maximum Gasteiger partial charge on any atom is 0.255 e. The standard InChI is InChI=1S/C12H18ClN3O/c1-7(2)8(3)16(4)12(17)9-5-11(14)15-6-10(9)13/h5-8H,1-4H3,(H2,14,15). The van der Waals surface area contributed by atoms with Gasteiger partial charge in [0.15, 0.2) is 0 Å². The molecular formula is C12H18ClN3O. The molecule has 0 aromatic carbocycles. The van der Waals surface area contributed by atoms with Gasteiger partial charge in [-0.1, -0.05) is 25.4 Å². The molecule has 0 saturated carbocycles. The first kappa shape index (κ1) is 13.8. The molecule has 17 heavy (non-hydrogen) atoms. The maximum absolute atomic E-state index is 12.2. The van der Waals surface area contributed by atoms with E-state index in [2.05, 4.69) is 18.8 Å². The second-order valence-corrected chi connectivity index (χ2v) is 4.90. The lowest BCUT2D eigenvalue weighted by molar-refractivity contribution is 0.0707. The number of halogens is 1. The van der Waals surface area contributed by atoms with Gasteiger partial charge in [0.2, 0.25) is 0 Å². The second kappa shape index (κ2) is 5.36. The molecule has 4 nitrogen and oxygen atoms in total. The number of nitrogens with two attached hydrogens (primary N) is 1. The Kier molecular flexibility index (Phi) is 4.34. The van der Waals surface area contributed by atoms with Crippen molar-refractivity contribution in [3.63, 3.8) is 0 Å². The number of amides is 1. The molecule has 1 aromatic rings. The van der Waals surface area contributed by atoms with E-state index in [4.69, 9.17) is 17.3 Å². The molecule has 5 heteroatoms. The van der Waals surface area contributed by atoms with Crippen molar-refractivity contribution in [2.45, 2.75) is 26.8 Å². The first-order chi connectivity index (χ1) is 7.84. The fourth-order valence-electron chi connectivity index (χ4n) is 1.44. The van der Waals surface area contributed by atoms with Crippen LogP contribution in [0.3, 0.4) is 0 Å². The lowest BCUT2D eigenvalue weighted by atomic mass is 10.0. The van der Waals surface area contributed by atoms with Gasteiger partial charge < -0.3 is 10.6 Å². The van der Waals surface area contributed by atoms with Crippen LogP contribution in [0.2, 0.25) is 5.02 Å². The summed E-state index contributed by atoms with van der Waals surface area (Å²) in [5.41, 5.74) is 5.96. The van der Waals surface area contributed by atoms with Crippen molar-refractivity contribution in [2.75, 3.05) is 12.8 Å². The molecule has 0 spiro atoms. The number of nitrogen functional groups attached to an aromatic ring is 1. The molecule has 0 aliphatic heterocycles. The van der Waals surface area contributed by atoms with Crippen LogP contribution in [0.4, 0.5) is 5.82 Å². The minimum atomic E-state index is -0.134. The highest BCUT2D eigenvalue weighted by Gasteiger charge is 2.22. The van der Waals surface area contributed by atoms with Crippen LogP contribution in [-0.2, 0) is 0 Å². The Labute approximate surface area is 107 Å². The molecule has 0 aliphatic rings. The Morgan fingerprint density at radius 2 is 2.06 bits per heavy atom. The van der Waals surface area contributed by atoms with Crippen LogP contribution in [0.25, 0.3) is 0 Å². The van der Waals surface area contributed by atoms with Gasteiger partial charge in [0.05, 0.1) is 10.6 Å². The van der Waals surface area contributed by atoms with E-state index in [0.29, 0.717) is 22.3 Å². The molecule has 2 N–H and O–H groups in total. The molecular weight excluding hydrogens is 238 g/mol. The Morgan fingerprint density at radius 1 is 1.47 bits per heavy atom. The normalized spacial score (nSPS) is 12.6. The molecule has 1 amide bonds. The van der Waals surface area contributed by atoms with Crippen molar-refractivity contribution in [1.29, 1.82) is 0 Å². The predicted molar refractivity (Wildman–Crippen MR) is 70.1 cm³/mol. The summed E-state index contributed by atoms with van der Waals surface area (Å²) in [7, 11) is 1.76. The molecule has 0 aliphatic carbocycles. The van der Waals surface area contributed by atoms with Gasteiger partial charge in [0.1, 0.15) is 5.82 Å². The van der Waals surface area contributed by atoms with Crippen molar-refractivity contribution < 1.29 is 4.79 Å². The molecule has 0 radical (unpaired) electrons. The summed E-state index contributed by atoms with van der Waals surface area (Å²) in [4.78, 5) is 17.7. The van der Waals surface area contributed by atoms with Crippen molar-refractivity contribution in [3.05, 3.63) is 22.8 Å². The number of aromatic nitrogens is 1. The summed E-state index contributed by atoms with van der Waals surface area (Å²) in [5.74, 6) is 0.538. The molecule has 0 fully saturated rings. The fraction of sp³-hybridized carbons (Fsp3) is 0.500. The van der Waals surface area contributed by atoms with Crippen molar-refractivity contribution in [1.82, 2.24) is 9.88 Å². The highest BCUT2D eigenvalue weighted by Crippen LogP contribution is 2.20. The number of hydrogen-bond donors (Lipinski definition) is 1. The molecule has 94 valence electrons. The first-order valence-electron chi connectivity index (χ1n) is 5.52. The van der Waals surface area contributed by atoms with Gasteiger partial charge in [-0.3, -0.25) is 4.79 Å². The summed E-state index contributed by atoms with van der Waals surface area (Å²) < 4.78 is 0. The first-order valence-corrected chi connectivity index (χ1v) is 5.90. The summed E-state index contributed by atoms with van der Waals surface area (Å²) in [5, 5.41) is 0.326. The zero-order valence-electron chi connectivity index (χ0n) is 10.6. The van der Waals surface area contributed by atoms with Gasteiger partial charge in [-0.15, -0.1) is 0 Å². The topological polar surface area (TPSA) is 59.2 Å². The van der Waals surface area contributed by atoms with Crippen LogP contribution in [0, 0.1) is 5.92 Å². The molecule has 1 atom stereocenters. The molecule has 0 bridgehead atoms. The highest BCUT2D eigenvalue weighted by molar-refractivity contribution is 6.33. The largest absolute Gasteiger partial charge is 0.384 e. The average Bonchev–Trinajstić information content (AvgIpc) is 2.29. The summed E-state index contributed by atoms with van der Waals surface area (Å²) in [6, 6.07) is 1.64. The van der Waals surface area contributed by atoms with Crippen LogP contribution in [0.15, 0.2) is 12.3 Å². The van der Waals surface area contributed by atoms with Gasteiger partial charge in [0.25, 0.3) is 5.91 Å². The lowest BCUT2D eigenvalue weighted by Gasteiger charge is -2.28. The van der Waals surface area contributed by atoms with Gasteiger partial charge in [-0.05, 0) is 18.9 Å². The smallest absolute Gasteiger partial charge is 0.255 e. The SMILES string of the molecule is CC(C)C(C)N(C)C(=O)c1cc(N)ncc1Cl. The average molecular weight is 256 g/mol. The van der Waals surface area contributed by atoms with E-state index in [0.717, 1.165) is 0 Å². The second-order valence-electron chi connectivity index (χ2n) is 4.49. The van der Waals surface area contributed by atoms with E-state index in [1.165, 1.54) is 12.3 Å². The number of carbonyl (C=O) groups excluding carboxylic acids is 1. The Morgan fingerprint density at radius 3 is 2.59 bits per heavy atom. The van der Waals surface area contributed by atoms with Crippen LogP contribution in [0.5, 0.6) is 0 Å². The number of carbonyl (C=O) groups is 1. The zero-order chi connectivity index (χ0) is 13.2. The molecule has 1 rings (SSSR count). The summed E-state index contributed by atoms with van der Waals surface area (Å²) in [6.07, 6.45) is 1.40. The third-order valence-corrected chi connectivity index (χ3v) is 3.30. The Bertz CT molecular complexity index is 420. The van der Waals surface area contributed by atoms with Gasteiger partial charge in [0, 0.05) is 19.3 Å². The van der Waals surface area contributed by atoms with Crippen molar-refractivity contribution >= 4 is 23.3 Å². The minimum absolute atomic E-state index is 0.132. The third kappa shape index (κ3) is 3.09. The number of pyridine rings is 1. The van der Waals surface area contributed by atoms with E-state index in [9.17, 15) is 4.79 Å². The van der Waals surface area contributed by atoms with Crippen LogP contribution >= 0.6 is 11.6 Å². The van der Waals surface area contributed by atoms with E-state index in [-0.39, 0.29) is 11.9 Å². The van der Waals surface area contributed by atoms with Gasteiger partial charge in [-0.2, -0.15) is 0 Å². The van der Waals surface area contributed by atoms with Crippen molar-refractivity contribution in [3.8, 4) is 0 Å². The number of nitrogens with zero attached hydrogens (tertiary/aromatic N) is 2. The van der Waals surface area contributed by atoms with Crippen molar-refractivity contribution in [2.24, 2.45) is 5.92 Å². The zero-order valence-corrected chi connectivity index (χ0v) is 11.3. The Balaban J connectivity index is 3.00. The number of rotatable bonds is 3. The van der Waals surface area contributed by atoms with Crippen LogP contribution in [-0.4, -0.2) is 28.9 Å². The van der Waals surface area contributed by atoms with E-state index in [1.807, 2.05) is 6.92 Å². The van der Waals surface area contributed by atoms with Gasteiger partial charge in [-0.25, -0.2) is 4.98 Å².